The molecule has 2 heterocycles. The van der Waals surface area contributed by atoms with Gasteiger partial charge in [0.05, 0.1) is 17.2 Å². The standard InChI is InChI=1S/C15H14ClN3/c1-19-9-12-13(16)5-7-18-14-3-2-11(4-6-17)8-15(12,14)10-19/h2-5,7H,8-10H2,1H3. The van der Waals surface area contributed by atoms with Gasteiger partial charge in [-0.05, 0) is 36.8 Å². The van der Waals surface area contributed by atoms with Crippen LogP contribution in [0.3, 0.4) is 0 Å². The number of halogens is 1. The third-order valence-corrected chi connectivity index (χ3v) is 4.32. The Labute approximate surface area is 117 Å². The summed E-state index contributed by atoms with van der Waals surface area (Å²) >= 11 is 6.41. The SMILES string of the molecule is CN1CC2=C(Cl)C=CN=C3C=CC(=CC#N)CC32C1. The molecule has 96 valence electrons. The van der Waals surface area contributed by atoms with E-state index in [0.717, 1.165) is 35.8 Å². The van der Waals surface area contributed by atoms with E-state index in [0.29, 0.717) is 0 Å². The zero-order valence-electron chi connectivity index (χ0n) is 10.7. The molecule has 0 aromatic heterocycles. The summed E-state index contributed by atoms with van der Waals surface area (Å²) in [4.78, 5) is 6.80. The zero-order chi connectivity index (χ0) is 13.5. The van der Waals surface area contributed by atoms with Crippen molar-refractivity contribution in [2.24, 2.45) is 10.4 Å². The maximum Gasteiger partial charge on any atom is 0.0914 e. The molecule has 0 saturated carbocycles. The molecule has 2 aliphatic heterocycles. The molecule has 3 aliphatic rings. The van der Waals surface area contributed by atoms with Crippen molar-refractivity contribution in [3.63, 3.8) is 0 Å². The van der Waals surface area contributed by atoms with Gasteiger partial charge in [-0.15, -0.1) is 0 Å². The minimum atomic E-state index is -0.160. The molecule has 1 spiro atoms. The van der Waals surface area contributed by atoms with Gasteiger partial charge in [-0.3, -0.25) is 4.99 Å². The van der Waals surface area contributed by atoms with Crippen molar-refractivity contribution in [2.45, 2.75) is 6.42 Å². The fourth-order valence-electron chi connectivity index (χ4n) is 3.21. The molecule has 3 nitrogen and oxygen atoms in total. The zero-order valence-corrected chi connectivity index (χ0v) is 11.5. The van der Waals surface area contributed by atoms with Crippen LogP contribution in [0.25, 0.3) is 0 Å². The van der Waals surface area contributed by atoms with Gasteiger partial charge in [-0.2, -0.15) is 5.26 Å². The van der Waals surface area contributed by atoms with Gasteiger partial charge in [0, 0.05) is 30.4 Å². The second-order valence-corrected chi connectivity index (χ2v) is 5.68. The van der Waals surface area contributed by atoms with Crippen LogP contribution in [0.2, 0.25) is 0 Å². The average Bonchev–Trinajstić information content (AvgIpc) is 2.63. The molecule has 4 heteroatoms. The first-order valence-corrected chi connectivity index (χ1v) is 6.63. The van der Waals surface area contributed by atoms with E-state index in [2.05, 4.69) is 23.0 Å². The van der Waals surface area contributed by atoms with Gasteiger partial charge in [0.15, 0.2) is 0 Å². The molecule has 0 N–H and O–H groups in total. The molecule has 0 aromatic carbocycles. The summed E-state index contributed by atoms with van der Waals surface area (Å²) in [6, 6.07) is 2.12. The first kappa shape index (κ1) is 12.4. The number of nitrogens with zero attached hydrogens (tertiary/aromatic N) is 3. The van der Waals surface area contributed by atoms with E-state index in [1.807, 2.05) is 18.2 Å². The van der Waals surface area contributed by atoms with Crippen LogP contribution in [-0.2, 0) is 0 Å². The monoisotopic (exact) mass is 271 g/mol. The van der Waals surface area contributed by atoms with Crippen LogP contribution in [0, 0.1) is 16.7 Å². The van der Waals surface area contributed by atoms with Gasteiger partial charge in [0.2, 0.25) is 0 Å². The number of nitriles is 1. The Morgan fingerprint density at radius 3 is 3.11 bits per heavy atom. The van der Waals surface area contributed by atoms with Crippen molar-refractivity contribution < 1.29 is 0 Å². The van der Waals surface area contributed by atoms with Crippen molar-refractivity contribution in [1.29, 1.82) is 5.26 Å². The van der Waals surface area contributed by atoms with Crippen molar-refractivity contribution >= 4 is 17.3 Å². The third kappa shape index (κ3) is 1.88. The quantitative estimate of drug-likeness (QED) is 0.636. The van der Waals surface area contributed by atoms with Crippen LogP contribution in [0.1, 0.15) is 6.42 Å². The lowest BCUT2D eigenvalue weighted by Crippen LogP contribution is -2.36. The van der Waals surface area contributed by atoms with Crippen LogP contribution < -0.4 is 0 Å². The fraction of sp³-hybridized carbons (Fsp3) is 0.333. The summed E-state index contributed by atoms with van der Waals surface area (Å²) in [7, 11) is 2.09. The predicted octanol–water partition coefficient (Wildman–Crippen LogP) is 2.79. The summed E-state index contributed by atoms with van der Waals surface area (Å²) < 4.78 is 0. The Kier molecular flexibility index (Phi) is 2.93. The Hall–Kier alpha value is -1.63. The van der Waals surface area contributed by atoms with Crippen LogP contribution in [-0.4, -0.2) is 30.7 Å². The number of hydrogen-bond acceptors (Lipinski definition) is 3. The van der Waals surface area contributed by atoms with Crippen molar-refractivity contribution in [1.82, 2.24) is 4.90 Å². The highest BCUT2D eigenvalue weighted by Gasteiger charge is 2.47. The molecular weight excluding hydrogens is 258 g/mol. The molecule has 19 heavy (non-hydrogen) atoms. The lowest BCUT2D eigenvalue weighted by Gasteiger charge is -2.33. The van der Waals surface area contributed by atoms with E-state index in [9.17, 15) is 0 Å². The lowest BCUT2D eigenvalue weighted by molar-refractivity contribution is 0.365. The molecule has 0 bridgehead atoms. The largest absolute Gasteiger partial charge is 0.301 e. The second kappa shape index (κ2) is 4.48. The number of aliphatic imine (C=N–C) groups is 1. The summed E-state index contributed by atoms with van der Waals surface area (Å²) in [6.07, 6.45) is 10.1. The van der Waals surface area contributed by atoms with Crippen molar-refractivity contribution in [3.8, 4) is 6.07 Å². The average molecular weight is 272 g/mol. The maximum atomic E-state index is 8.86. The van der Waals surface area contributed by atoms with Gasteiger partial charge in [-0.25, -0.2) is 0 Å². The number of rotatable bonds is 0. The lowest BCUT2D eigenvalue weighted by atomic mass is 9.70. The topological polar surface area (TPSA) is 39.4 Å². The highest BCUT2D eigenvalue weighted by Crippen LogP contribution is 2.47. The van der Waals surface area contributed by atoms with Gasteiger partial charge in [0.25, 0.3) is 0 Å². The van der Waals surface area contributed by atoms with E-state index >= 15 is 0 Å². The number of allylic oxidation sites excluding steroid dienone is 6. The minimum Gasteiger partial charge on any atom is -0.301 e. The molecule has 1 saturated heterocycles. The Balaban J connectivity index is 2.18. The maximum absolute atomic E-state index is 8.86. The van der Waals surface area contributed by atoms with Crippen LogP contribution >= 0.6 is 11.6 Å². The molecule has 1 unspecified atom stereocenters. The Bertz CT molecular complexity index is 616. The molecular formula is C15H14ClN3. The van der Waals surface area contributed by atoms with Gasteiger partial charge in [-0.1, -0.05) is 17.7 Å². The normalized spacial score (nSPS) is 31.8. The van der Waals surface area contributed by atoms with Crippen LogP contribution in [0.15, 0.2) is 51.7 Å². The molecule has 0 radical (unpaired) electrons. The first-order chi connectivity index (χ1) is 9.15. The number of hydrogen-bond donors (Lipinski definition) is 0. The number of likely N-dealkylation sites (tertiary alicyclic amines) is 1. The van der Waals surface area contributed by atoms with E-state index < -0.39 is 0 Å². The highest BCUT2D eigenvalue weighted by molar-refractivity contribution is 6.32. The molecule has 0 amide bonds. The van der Waals surface area contributed by atoms with E-state index in [1.54, 1.807) is 12.3 Å². The second-order valence-electron chi connectivity index (χ2n) is 5.27. The Morgan fingerprint density at radius 1 is 1.47 bits per heavy atom. The molecule has 1 atom stereocenters. The van der Waals surface area contributed by atoms with Gasteiger partial charge in [0.1, 0.15) is 0 Å². The molecule has 3 rings (SSSR count). The molecule has 1 fully saturated rings. The predicted molar refractivity (Wildman–Crippen MR) is 76.8 cm³/mol. The van der Waals surface area contributed by atoms with Crippen LogP contribution in [0.4, 0.5) is 0 Å². The van der Waals surface area contributed by atoms with Crippen LogP contribution in [0.5, 0.6) is 0 Å². The van der Waals surface area contributed by atoms with Gasteiger partial charge >= 0.3 is 0 Å². The van der Waals surface area contributed by atoms with E-state index in [-0.39, 0.29) is 5.41 Å². The van der Waals surface area contributed by atoms with Gasteiger partial charge < -0.3 is 4.90 Å². The smallest absolute Gasteiger partial charge is 0.0914 e. The molecule has 1 aliphatic carbocycles. The van der Waals surface area contributed by atoms with Crippen molar-refractivity contribution in [2.75, 3.05) is 20.1 Å². The molecule has 0 aromatic rings. The Morgan fingerprint density at radius 2 is 2.32 bits per heavy atom. The highest BCUT2D eigenvalue weighted by atomic mass is 35.5. The third-order valence-electron chi connectivity index (χ3n) is 3.97. The van der Waals surface area contributed by atoms with E-state index in [1.165, 1.54) is 5.57 Å². The van der Waals surface area contributed by atoms with E-state index in [4.69, 9.17) is 16.9 Å². The fourth-order valence-corrected chi connectivity index (χ4v) is 3.51. The number of likely N-dealkylation sites (N-methyl/N-ethyl adjacent to an activating group) is 1. The summed E-state index contributed by atoms with van der Waals surface area (Å²) in [5.41, 5.74) is 3.15. The summed E-state index contributed by atoms with van der Waals surface area (Å²) in [6.45, 7) is 1.75. The first-order valence-electron chi connectivity index (χ1n) is 6.25. The minimum absolute atomic E-state index is 0.160. The van der Waals surface area contributed by atoms with Crippen molar-refractivity contribution in [3.05, 3.63) is 46.7 Å². The summed E-state index contributed by atoms with van der Waals surface area (Å²) in [5.74, 6) is 0. The summed E-state index contributed by atoms with van der Waals surface area (Å²) in [5, 5.41) is 9.65.